The van der Waals surface area contributed by atoms with Crippen molar-refractivity contribution in [1.29, 1.82) is 0 Å². The standard InChI is InChI=1S/C30H36N2O5S/c1-22-9-7-10-23(2)26(22)21-38(34,35)31-29(33)20-30(24-11-8-12-25(19-24)36-3)15-17-32(18-16-30)27-13-5-6-14-28(27)37-4/h5-14,19H,15-18,20-21H2,1-4H3,(H,31,33). The minimum atomic E-state index is -3.87. The van der Waals surface area contributed by atoms with E-state index < -0.39 is 21.3 Å². The molecule has 3 aromatic rings. The van der Waals surface area contributed by atoms with Crippen LogP contribution in [0.25, 0.3) is 0 Å². The number of aryl methyl sites for hydroxylation is 2. The lowest BCUT2D eigenvalue weighted by atomic mass is 9.70. The second kappa shape index (κ2) is 11.5. The Morgan fingerprint density at radius 2 is 1.58 bits per heavy atom. The number of rotatable bonds is 9. The Hall–Kier alpha value is -3.52. The Labute approximate surface area is 225 Å². The molecule has 0 atom stereocenters. The van der Waals surface area contributed by atoms with Gasteiger partial charge >= 0.3 is 0 Å². The number of ether oxygens (including phenoxy) is 2. The summed E-state index contributed by atoms with van der Waals surface area (Å²) in [7, 11) is -0.592. The summed E-state index contributed by atoms with van der Waals surface area (Å²) in [5.74, 6) is 0.781. The van der Waals surface area contributed by atoms with E-state index in [-0.39, 0.29) is 12.2 Å². The Bertz CT molecular complexity index is 1380. The van der Waals surface area contributed by atoms with E-state index in [2.05, 4.69) is 9.62 Å². The van der Waals surface area contributed by atoms with E-state index in [1.165, 1.54) is 0 Å². The number of hydrogen-bond donors (Lipinski definition) is 1. The molecular weight excluding hydrogens is 500 g/mol. The number of benzene rings is 3. The lowest BCUT2D eigenvalue weighted by Gasteiger charge is -2.43. The third-order valence-corrected chi connectivity index (χ3v) is 8.78. The Morgan fingerprint density at radius 3 is 2.24 bits per heavy atom. The number of nitrogens with one attached hydrogen (secondary N) is 1. The van der Waals surface area contributed by atoms with Crippen LogP contribution in [0.1, 0.15) is 41.5 Å². The summed E-state index contributed by atoms with van der Waals surface area (Å²) in [6, 6.07) is 21.3. The van der Waals surface area contributed by atoms with Crippen LogP contribution in [0.15, 0.2) is 66.7 Å². The maximum absolute atomic E-state index is 13.3. The summed E-state index contributed by atoms with van der Waals surface area (Å²) >= 11 is 0. The second-order valence-corrected chi connectivity index (χ2v) is 11.7. The molecule has 0 radical (unpaired) electrons. The second-order valence-electron chi connectivity index (χ2n) is 10.0. The molecule has 0 aromatic heterocycles. The molecule has 1 N–H and O–H groups in total. The number of carbonyl (C=O) groups is 1. The molecule has 7 nitrogen and oxygen atoms in total. The van der Waals surface area contributed by atoms with Gasteiger partial charge in [-0.05, 0) is 73.2 Å². The normalized spacial score (nSPS) is 15.1. The van der Waals surface area contributed by atoms with Crippen LogP contribution in [0, 0.1) is 13.8 Å². The number of piperidine rings is 1. The molecule has 1 amide bonds. The van der Waals surface area contributed by atoms with E-state index in [1.807, 2.05) is 80.6 Å². The van der Waals surface area contributed by atoms with Gasteiger partial charge in [0.05, 0.1) is 25.7 Å². The summed E-state index contributed by atoms with van der Waals surface area (Å²) in [5.41, 5.74) is 3.94. The van der Waals surface area contributed by atoms with Crippen molar-refractivity contribution in [3.63, 3.8) is 0 Å². The highest BCUT2D eigenvalue weighted by Gasteiger charge is 2.39. The number of sulfonamides is 1. The predicted molar refractivity (Wildman–Crippen MR) is 150 cm³/mol. The number of carbonyl (C=O) groups excluding carboxylic acids is 1. The molecule has 0 unspecified atom stereocenters. The lowest BCUT2D eigenvalue weighted by molar-refractivity contribution is -0.120. The zero-order valence-corrected chi connectivity index (χ0v) is 23.3. The molecule has 0 spiro atoms. The Balaban J connectivity index is 1.56. The summed E-state index contributed by atoms with van der Waals surface area (Å²) in [5, 5.41) is 0. The quantitative estimate of drug-likeness (QED) is 0.419. The van der Waals surface area contributed by atoms with Crippen molar-refractivity contribution in [2.24, 2.45) is 0 Å². The average molecular weight is 537 g/mol. The summed E-state index contributed by atoms with van der Waals surface area (Å²) in [4.78, 5) is 15.6. The van der Waals surface area contributed by atoms with Crippen molar-refractivity contribution < 1.29 is 22.7 Å². The van der Waals surface area contributed by atoms with Gasteiger partial charge in [0.25, 0.3) is 0 Å². The van der Waals surface area contributed by atoms with E-state index in [9.17, 15) is 13.2 Å². The first kappa shape index (κ1) is 27.5. The lowest BCUT2D eigenvalue weighted by Crippen LogP contribution is -2.46. The first-order valence-corrected chi connectivity index (χ1v) is 14.4. The first-order chi connectivity index (χ1) is 18.2. The number of amides is 1. The van der Waals surface area contributed by atoms with E-state index in [4.69, 9.17) is 9.47 Å². The average Bonchev–Trinajstić information content (AvgIpc) is 2.91. The smallest absolute Gasteiger partial charge is 0.239 e. The number of nitrogens with zero attached hydrogens (tertiary/aromatic N) is 1. The van der Waals surface area contributed by atoms with Gasteiger partial charge in [0.15, 0.2) is 0 Å². The Morgan fingerprint density at radius 1 is 0.921 bits per heavy atom. The molecule has 0 aliphatic carbocycles. The summed E-state index contributed by atoms with van der Waals surface area (Å²) in [6.07, 6.45) is 1.40. The molecule has 38 heavy (non-hydrogen) atoms. The summed E-state index contributed by atoms with van der Waals surface area (Å²) in [6.45, 7) is 5.15. The monoisotopic (exact) mass is 536 g/mol. The molecule has 1 heterocycles. The largest absolute Gasteiger partial charge is 0.497 e. The molecule has 3 aromatic carbocycles. The third-order valence-electron chi connectivity index (χ3n) is 7.58. The molecule has 4 rings (SSSR count). The molecule has 0 saturated carbocycles. The highest BCUT2D eigenvalue weighted by molar-refractivity contribution is 7.89. The van der Waals surface area contributed by atoms with Gasteiger partial charge < -0.3 is 14.4 Å². The van der Waals surface area contributed by atoms with Crippen molar-refractivity contribution in [3.05, 3.63) is 89.0 Å². The van der Waals surface area contributed by atoms with E-state index in [1.54, 1.807) is 14.2 Å². The topological polar surface area (TPSA) is 84.9 Å². The highest BCUT2D eigenvalue weighted by atomic mass is 32.2. The first-order valence-electron chi connectivity index (χ1n) is 12.8. The minimum Gasteiger partial charge on any atom is -0.497 e. The molecule has 1 aliphatic heterocycles. The van der Waals surface area contributed by atoms with E-state index in [0.29, 0.717) is 31.7 Å². The third kappa shape index (κ3) is 6.13. The van der Waals surface area contributed by atoms with Crippen molar-refractivity contribution in [1.82, 2.24) is 4.72 Å². The molecule has 0 bridgehead atoms. The molecular formula is C30H36N2O5S. The van der Waals surface area contributed by atoms with Crippen LogP contribution in [-0.2, 0) is 26.0 Å². The van der Waals surface area contributed by atoms with Crippen LogP contribution < -0.4 is 19.1 Å². The number of anilines is 1. The fraction of sp³-hybridized carbons (Fsp3) is 0.367. The van der Waals surface area contributed by atoms with Gasteiger partial charge in [-0.3, -0.25) is 9.52 Å². The number of para-hydroxylation sites is 2. The van der Waals surface area contributed by atoms with Gasteiger partial charge in [-0.25, -0.2) is 8.42 Å². The maximum Gasteiger partial charge on any atom is 0.239 e. The zero-order valence-electron chi connectivity index (χ0n) is 22.5. The SMILES string of the molecule is COc1cccc(C2(CC(=O)NS(=O)(=O)Cc3c(C)cccc3C)CCN(c3ccccc3OC)CC2)c1. The van der Waals surface area contributed by atoms with Gasteiger partial charge in [0.2, 0.25) is 15.9 Å². The maximum atomic E-state index is 13.3. The highest BCUT2D eigenvalue weighted by Crippen LogP contribution is 2.42. The molecule has 1 fully saturated rings. The van der Waals surface area contributed by atoms with Crippen molar-refractivity contribution in [2.75, 3.05) is 32.2 Å². The fourth-order valence-electron chi connectivity index (χ4n) is 5.41. The van der Waals surface area contributed by atoms with E-state index in [0.717, 1.165) is 33.7 Å². The van der Waals surface area contributed by atoms with Crippen LogP contribution in [0.5, 0.6) is 11.5 Å². The van der Waals surface area contributed by atoms with Gasteiger partial charge in [0.1, 0.15) is 11.5 Å². The molecule has 1 aliphatic rings. The van der Waals surface area contributed by atoms with Crippen molar-refractivity contribution >= 4 is 21.6 Å². The minimum absolute atomic E-state index is 0.0614. The van der Waals surface area contributed by atoms with Crippen LogP contribution in [0.3, 0.4) is 0 Å². The van der Waals surface area contributed by atoms with Gasteiger partial charge in [0, 0.05) is 24.9 Å². The van der Waals surface area contributed by atoms with Crippen LogP contribution in [-0.4, -0.2) is 41.6 Å². The van der Waals surface area contributed by atoms with Crippen LogP contribution in [0.2, 0.25) is 0 Å². The zero-order chi connectivity index (χ0) is 27.3. The van der Waals surface area contributed by atoms with Crippen molar-refractivity contribution in [2.45, 2.75) is 44.3 Å². The molecule has 1 saturated heterocycles. The van der Waals surface area contributed by atoms with Crippen LogP contribution in [0.4, 0.5) is 5.69 Å². The number of hydrogen-bond acceptors (Lipinski definition) is 6. The molecule has 8 heteroatoms. The van der Waals surface area contributed by atoms with Gasteiger partial charge in [-0.15, -0.1) is 0 Å². The predicted octanol–water partition coefficient (Wildman–Crippen LogP) is 4.90. The van der Waals surface area contributed by atoms with Crippen molar-refractivity contribution in [3.8, 4) is 11.5 Å². The van der Waals surface area contributed by atoms with Gasteiger partial charge in [-0.2, -0.15) is 0 Å². The van der Waals surface area contributed by atoms with Crippen LogP contribution >= 0.6 is 0 Å². The fourth-order valence-corrected chi connectivity index (χ4v) is 6.73. The summed E-state index contributed by atoms with van der Waals surface area (Å²) < 4.78 is 39.4. The molecule has 202 valence electrons. The van der Waals surface area contributed by atoms with E-state index >= 15 is 0 Å². The number of methoxy groups -OCH3 is 2. The van der Waals surface area contributed by atoms with Gasteiger partial charge in [-0.1, -0.05) is 42.5 Å². The Kier molecular flexibility index (Phi) is 8.31.